The van der Waals surface area contributed by atoms with Gasteiger partial charge in [0.15, 0.2) is 0 Å². The molecule has 0 saturated heterocycles. The molecule has 0 aliphatic heterocycles. The molecular formula is C32H20O. The summed E-state index contributed by atoms with van der Waals surface area (Å²) >= 11 is 0. The Morgan fingerprint density at radius 3 is 1.55 bits per heavy atom. The van der Waals surface area contributed by atoms with Crippen LogP contribution in [-0.4, -0.2) is 0 Å². The molecule has 0 atom stereocenters. The van der Waals surface area contributed by atoms with Crippen LogP contribution in [0.5, 0.6) is 0 Å². The number of hydrogen-bond donors (Lipinski definition) is 0. The third kappa shape index (κ3) is 2.66. The Kier molecular flexibility index (Phi) is 3.91. The lowest BCUT2D eigenvalue weighted by Crippen LogP contribution is -1.91. The first-order chi connectivity index (χ1) is 16.4. The number of fused-ring (bicyclic) bond motifs is 5. The first kappa shape index (κ1) is 18.2. The molecule has 6 aromatic carbocycles. The summed E-state index contributed by atoms with van der Waals surface area (Å²) in [5.74, 6) is 0. The zero-order chi connectivity index (χ0) is 21.8. The van der Waals surface area contributed by atoms with Crippen molar-refractivity contribution in [2.24, 2.45) is 0 Å². The van der Waals surface area contributed by atoms with Crippen LogP contribution in [0, 0.1) is 0 Å². The van der Waals surface area contributed by atoms with Crippen LogP contribution in [0.25, 0.3) is 65.7 Å². The molecule has 0 unspecified atom stereocenters. The zero-order valence-electron chi connectivity index (χ0n) is 18.0. The molecule has 1 aromatic heterocycles. The maximum absolute atomic E-state index is 6.23. The smallest absolute Gasteiger partial charge is 0.136 e. The Hall–Kier alpha value is -4.36. The molecular weight excluding hydrogens is 400 g/mol. The Bertz CT molecular complexity index is 1750. The third-order valence-corrected chi connectivity index (χ3v) is 6.67. The number of para-hydroxylation sites is 1. The van der Waals surface area contributed by atoms with Gasteiger partial charge in [0.05, 0.1) is 0 Å². The van der Waals surface area contributed by atoms with Crippen molar-refractivity contribution in [3.63, 3.8) is 0 Å². The lowest BCUT2D eigenvalue weighted by Gasteiger charge is -2.18. The molecule has 0 aliphatic carbocycles. The van der Waals surface area contributed by atoms with Crippen LogP contribution >= 0.6 is 0 Å². The first-order valence-corrected chi connectivity index (χ1v) is 11.3. The van der Waals surface area contributed by atoms with Crippen molar-refractivity contribution in [3.8, 4) is 22.3 Å². The van der Waals surface area contributed by atoms with E-state index >= 15 is 0 Å². The molecule has 0 bridgehead atoms. The summed E-state index contributed by atoms with van der Waals surface area (Å²) in [5.41, 5.74) is 6.85. The second-order valence-electron chi connectivity index (χ2n) is 8.48. The molecule has 0 spiro atoms. The van der Waals surface area contributed by atoms with Crippen molar-refractivity contribution in [2.45, 2.75) is 0 Å². The highest BCUT2D eigenvalue weighted by molar-refractivity contribution is 6.25. The molecule has 7 aromatic rings. The molecule has 0 N–H and O–H groups in total. The number of benzene rings is 6. The average molecular weight is 421 g/mol. The van der Waals surface area contributed by atoms with Gasteiger partial charge in [-0.2, -0.15) is 0 Å². The summed E-state index contributed by atoms with van der Waals surface area (Å²) in [6.45, 7) is 0. The molecule has 0 radical (unpaired) electrons. The lowest BCUT2D eigenvalue weighted by atomic mass is 9.85. The van der Waals surface area contributed by atoms with E-state index in [1.807, 2.05) is 12.1 Å². The van der Waals surface area contributed by atoms with Gasteiger partial charge in [0.25, 0.3) is 0 Å². The van der Waals surface area contributed by atoms with E-state index in [-0.39, 0.29) is 0 Å². The van der Waals surface area contributed by atoms with Gasteiger partial charge in [0.2, 0.25) is 0 Å². The van der Waals surface area contributed by atoms with E-state index in [1.165, 1.54) is 49.2 Å². The molecule has 7 rings (SSSR count). The number of hydrogen-bond acceptors (Lipinski definition) is 1. The van der Waals surface area contributed by atoms with Crippen LogP contribution in [0.15, 0.2) is 126 Å². The topological polar surface area (TPSA) is 13.1 Å². The molecule has 0 aliphatic rings. The van der Waals surface area contributed by atoms with E-state index in [0.29, 0.717) is 0 Å². The van der Waals surface area contributed by atoms with Crippen molar-refractivity contribution >= 4 is 43.5 Å². The summed E-state index contributed by atoms with van der Waals surface area (Å²) in [6, 6.07) is 43.0. The van der Waals surface area contributed by atoms with Gasteiger partial charge in [-0.1, -0.05) is 109 Å². The van der Waals surface area contributed by atoms with Crippen molar-refractivity contribution in [1.29, 1.82) is 0 Å². The summed E-state index contributed by atoms with van der Waals surface area (Å²) in [6.07, 6.45) is 0. The van der Waals surface area contributed by atoms with Gasteiger partial charge in [-0.3, -0.25) is 0 Å². The largest absolute Gasteiger partial charge is 0.456 e. The number of furan rings is 1. The molecule has 1 heteroatoms. The van der Waals surface area contributed by atoms with Crippen LogP contribution < -0.4 is 0 Å². The molecule has 0 amide bonds. The van der Waals surface area contributed by atoms with Crippen molar-refractivity contribution in [3.05, 3.63) is 121 Å². The van der Waals surface area contributed by atoms with Crippen LogP contribution in [-0.2, 0) is 0 Å². The normalized spacial score (nSPS) is 11.6. The minimum atomic E-state index is 0.925. The SMILES string of the molecule is c1ccc(-c2c3ccccc3c(-c3cccc4oc5ccccc5c34)c3ccccc23)cc1. The van der Waals surface area contributed by atoms with Crippen molar-refractivity contribution < 1.29 is 4.42 Å². The van der Waals surface area contributed by atoms with Crippen molar-refractivity contribution in [1.82, 2.24) is 0 Å². The molecule has 154 valence electrons. The second-order valence-corrected chi connectivity index (χ2v) is 8.48. The summed E-state index contributed by atoms with van der Waals surface area (Å²) in [7, 11) is 0. The molecule has 0 fully saturated rings. The first-order valence-electron chi connectivity index (χ1n) is 11.3. The minimum Gasteiger partial charge on any atom is -0.456 e. The van der Waals surface area contributed by atoms with E-state index in [4.69, 9.17) is 4.42 Å². The van der Waals surface area contributed by atoms with Gasteiger partial charge in [-0.25, -0.2) is 0 Å². The highest BCUT2D eigenvalue weighted by atomic mass is 16.3. The van der Waals surface area contributed by atoms with E-state index in [9.17, 15) is 0 Å². The minimum absolute atomic E-state index is 0.925. The van der Waals surface area contributed by atoms with Crippen molar-refractivity contribution in [2.75, 3.05) is 0 Å². The standard InChI is InChI=1S/C32H20O/c1-2-11-21(12-3-1)30-22-13-4-6-15-24(22)31(25-16-7-5-14-23(25)30)27-18-10-20-29-32(27)26-17-8-9-19-28(26)33-29/h1-20H. The van der Waals surface area contributed by atoms with Gasteiger partial charge in [0.1, 0.15) is 11.2 Å². The molecule has 1 nitrogen and oxygen atoms in total. The predicted octanol–water partition coefficient (Wildman–Crippen LogP) is 9.23. The molecule has 1 heterocycles. The van der Waals surface area contributed by atoms with E-state index in [2.05, 4.69) is 109 Å². The Morgan fingerprint density at radius 1 is 0.364 bits per heavy atom. The fourth-order valence-electron chi connectivity index (χ4n) is 5.32. The predicted molar refractivity (Wildman–Crippen MR) is 140 cm³/mol. The van der Waals surface area contributed by atoms with Crippen LogP contribution in [0.4, 0.5) is 0 Å². The van der Waals surface area contributed by atoms with Gasteiger partial charge >= 0.3 is 0 Å². The maximum Gasteiger partial charge on any atom is 0.136 e. The third-order valence-electron chi connectivity index (χ3n) is 6.67. The van der Waals surface area contributed by atoms with Crippen LogP contribution in [0.3, 0.4) is 0 Å². The van der Waals surface area contributed by atoms with Gasteiger partial charge < -0.3 is 4.42 Å². The fraction of sp³-hybridized carbons (Fsp3) is 0. The molecule has 0 saturated carbocycles. The van der Waals surface area contributed by atoms with E-state index < -0.39 is 0 Å². The van der Waals surface area contributed by atoms with E-state index in [0.717, 1.165) is 16.6 Å². The highest BCUT2D eigenvalue weighted by Gasteiger charge is 2.19. The van der Waals surface area contributed by atoms with Gasteiger partial charge in [-0.05, 0) is 55.9 Å². The maximum atomic E-state index is 6.23. The zero-order valence-corrected chi connectivity index (χ0v) is 18.0. The Labute approximate surface area is 191 Å². The fourth-order valence-corrected chi connectivity index (χ4v) is 5.32. The van der Waals surface area contributed by atoms with Gasteiger partial charge in [-0.15, -0.1) is 0 Å². The Morgan fingerprint density at radius 2 is 0.879 bits per heavy atom. The summed E-state index contributed by atoms with van der Waals surface area (Å²) in [5, 5.41) is 7.38. The Balaban J connectivity index is 1.71. The van der Waals surface area contributed by atoms with Crippen LogP contribution in [0.2, 0.25) is 0 Å². The molecule has 33 heavy (non-hydrogen) atoms. The number of rotatable bonds is 2. The summed E-state index contributed by atoms with van der Waals surface area (Å²) in [4.78, 5) is 0. The highest BCUT2D eigenvalue weighted by Crippen LogP contribution is 2.46. The lowest BCUT2D eigenvalue weighted by molar-refractivity contribution is 0.669. The van der Waals surface area contributed by atoms with Crippen LogP contribution in [0.1, 0.15) is 0 Å². The monoisotopic (exact) mass is 420 g/mol. The van der Waals surface area contributed by atoms with E-state index in [1.54, 1.807) is 0 Å². The second kappa shape index (κ2) is 7.08. The van der Waals surface area contributed by atoms with Gasteiger partial charge in [0, 0.05) is 10.8 Å². The average Bonchev–Trinajstić information content (AvgIpc) is 3.27. The summed E-state index contributed by atoms with van der Waals surface area (Å²) < 4.78 is 6.23. The quantitative estimate of drug-likeness (QED) is 0.254.